The van der Waals surface area contributed by atoms with Crippen molar-refractivity contribution in [2.75, 3.05) is 5.32 Å². The van der Waals surface area contributed by atoms with E-state index < -0.39 is 5.97 Å². The Kier molecular flexibility index (Phi) is 2.49. The third-order valence-corrected chi connectivity index (χ3v) is 6.76. The van der Waals surface area contributed by atoms with Crippen LogP contribution in [0, 0.1) is 5.92 Å². The first kappa shape index (κ1) is 12.9. The highest BCUT2D eigenvalue weighted by molar-refractivity contribution is 5.91. The average Bonchev–Trinajstić information content (AvgIpc) is 3.27. The maximum atomic E-state index is 11.6. The van der Waals surface area contributed by atoms with E-state index in [9.17, 15) is 9.90 Å². The van der Waals surface area contributed by atoms with Crippen LogP contribution in [0.4, 0.5) is 5.82 Å². The van der Waals surface area contributed by atoms with E-state index in [1.165, 1.54) is 44.1 Å². The van der Waals surface area contributed by atoms with Gasteiger partial charge in [0.1, 0.15) is 5.82 Å². The van der Waals surface area contributed by atoms with Gasteiger partial charge in [-0.25, -0.2) is 9.78 Å². The lowest BCUT2D eigenvalue weighted by molar-refractivity contribution is 0.0694. The number of aromatic carboxylic acids is 1. The molecule has 2 atom stereocenters. The van der Waals surface area contributed by atoms with Gasteiger partial charge < -0.3 is 10.4 Å². The first-order chi connectivity index (χ1) is 10.7. The normalized spacial score (nSPS) is 37.5. The summed E-state index contributed by atoms with van der Waals surface area (Å²) in [6.45, 7) is 0. The van der Waals surface area contributed by atoms with E-state index in [2.05, 4.69) is 10.3 Å². The standard InChI is InChI=1S/C18H22N2O2/c21-17(22)13-9-19-16(15-12-2-1-11(7-12)14(13)15)20-18-5-3-10(8-18)4-6-18/h9-12H,1-8H2,(H,19,20)(H,21,22). The molecule has 4 nitrogen and oxygen atoms in total. The molecule has 0 aromatic carbocycles. The van der Waals surface area contributed by atoms with Crippen LogP contribution >= 0.6 is 0 Å². The van der Waals surface area contributed by atoms with Crippen molar-refractivity contribution < 1.29 is 9.90 Å². The second kappa shape index (κ2) is 4.24. The zero-order valence-electron chi connectivity index (χ0n) is 12.8. The number of hydrogen-bond donors (Lipinski definition) is 2. The lowest BCUT2D eigenvalue weighted by atomic mass is 9.88. The van der Waals surface area contributed by atoms with E-state index in [0.717, 1.165) is 30.1 Å². The van der Waals surface area contributed by atoms with Crippen LogP contribution in [0.2, 0.25) is 0 Å². The van der Waals surface area contributed by atoms with Crippen molar-refractivity contribution in [3.8, 4) is 0 Å². The molecule has 0 amide bonds. The summed E-state index contributed by atoms with van der Waals surface area (Å²) in [7, 11) is 0. The van der Waals surface area contributed by atoms with Crippen molar-refractivity contribution in [3.05, 3.63) is 22.9 Å². The number of carbonyl (C=O) groups is 1. The molecule has 3 fully saturated rings. The molecule has 0 spiro atoms. The van der Waals surface area contributed by atoms with E-state index in [1.807, 2.05) is 0 Å². The number of carboxylic acids is 1. The van der Waals surface area contributed by atoms with Crippen molar-refractivity contribution in [1.82, 2.24) is 4.98 Å². The number of pyridine rings is 1. The lowest BCUT2D eigenvalue weighted by Gasteiger charge is -2.31. The molecular formula is C18H22N2O2. The summed E-state index contributed by atoms with van der Waals surface area (Å²) in [6, 6.07) is 0. The minimum Gasteiger partial charge on any atom is -0.478 e. The molecule has 3 saturated carbocycles. The molecule has 116 valence electrons. The van der Waals surface area contributed by atoms with Gasteiger partial charge in [-0.1, -0.05) is 0 Å². The summed E-state index contributed by atoms with van der Waals surface area (Å²) in [4.78, 5) is 16.1. The first-order valence-electron chi connectivity index (χ1n) is 8.69. The highest BCUT2D eigenvalue weighted by Crippen LogP contribution is 2.57. The van der Waals surface area contributed by atoms with E-state index in [4.69, 9.17) is 0 Å². The van der Waals surface area contributed by atoms with Crippen molar-refractivity contribution in [2.24, 2.45) is 5.92 Å². The molecule has 0 radical (unpaired) electrons. The molecule has 0 aliphatic heterocycles. The predicted molar refractivity (Wildman–Crippen MR) is 83.5 cm³/mol. The van der Waals surface area contributed by atoms with E-state index in [-0.39, 0.29) is 5.54 Å². The quantitative estimate of drug-likeness (QED) is 0.888. The second-order valence-corrected chi connectivity index (χ2v) is 7.91. The zero-order valence-corrected chi connectivity index (χ0v) is 12.8. The number of fused-ring (bicyclic) bond motifs is 7. The summed E-state index contributed by atoms with van der Waals surface area (Å²) in [6.07, 6.45) is 11.5. The Morgan fingerprint density at radius 2 is 1.91 bits per heavy atom. The van der Waals surface area contributed by atoms with Gasteiger partial charge in [-0.15, -0.1) is 0 Å². The molecule has 4 heteroatoms. The molecule has 2 N–H and O–H groups in total. The molecule has 1 aromatic rings. The molecule has 4 aliphatic rings. The van der Waals surface area contributed by atoms with Gasteiger partial charge in [-0.05, 0) is 74.7 Å². The van der Waals surface area contributed by atoms with Gasteiger partial charge >= 0.3 is 5.97 Å². The fourth-order valence-corrected chi connectivity index (χ4v) is 5.79. The van der Waals surface area contributed by atoms with Gasteiger partial charge in [0.15, 0.2) is 0 Å². The number of anilines is 1. The monoisotopic (exact) mass is 298 g/mol. The summed E-state index contributed by atoms with van der Waals surface area (Å²) < 4.78 is 0. The van der Waals surface area contributed by atoms with Crippen LogP contribution in [0.3, 0.4) is 0 Å². The van der Waals surface area contributed by atoms with Crippen molar-refractivity contribution in [3.63, 3.8) is 0 Å². The van der Waals surface area contributed by atoms with Gasteiger partial charge in [-0.3, -0.25) is 0 Å². The summed E-state index contributed by atoms with van der Waals surface area (Å²) in [5.74, 6) is 2.07. The minimum atomic E-state index is -0.817. The molecule has 0 saturated heterocycles. The van der Waals surface area contributed by atoms with Gasteiger partial charge in [-0.2, -0.15) is 0 Å². The largest absolute Gasteiger partial charge is 0.478 e. The van der Waals surface area contributed by atoms with Gasteiger partial charge in [0.25, 0.3) is 0 Å². The summed E-state index contributed by atoms with van der Waals surface area (Å²) in [5, 5.41) is 13.3. The average molecular weight is 298 g/mol. The Morgan fingerprint density at radius 1 is 1.18 bits per heavy atom. The van der Waals surface area contributed by atoms with Gasteiger partial charge in [0.05, 0.1) is 5.56 Å². The Labute approximate surface area is 130 Å². The molecular weight excluding hydrogens is 276 g/mol. The number of aromatic nitrogens is 1. The molecule has 4 aliphatic carbocycles. The highest BCUT2D eigenvalue weighted by atomic mass is 16.4. The smallest absolute Gasteiger partial charge is 0.337 e. The summed E-state index contributed by atoms with van der Waals surface area (Å²) >= 11 is 0. The van der Waals surface area contributed by atoms with E-state index in [1.54, 1.807) is 6.20 Å². The third kappa shape index (κ3) is 1.64. The molecule has 4 bridgehead atoms. The SMILES string of the molecule is O=C(O)c1cnc(NC23CCC(CC2)C3)c2c1C1CCC2C1. The number of rotatable bonds is 3. The number of hydrogen-bond acceptors (Lipinski definition) is 3. The molecule has 1 aromatic heterocycles. The maximum Gasteiger partial charge on any atom is 0.337 e. The Balaban J connectivity index is 1.58. The highest BCUT2D eigenvalue weighted by Gasteiger charge is 2.47. The lowest BCUT2D eigenvalue weighted by Crippen LogP contribution is -2.34. The Hall–Kier alpha value is -1.58. The van der Waals surface area contributed by atoms with Crippen LogP contribution in [-0.4, -0.2) is 21.6 Å². The van der Waals surface area contributed by atoms with Crippen LogP contribution in [0.15, 0.2) is 6.20 Å². The van der Waals surface area contributed by atoms with Crippen molar-refractivity contribution in [1.29, 1.82) is 0 Å². The van der Waals surface area contributed by atoms with Crippen molar-refractivity contribution >= 4 is 11.8 Å². The molecule has 22 heavy (non-hydrogen) atoms. The van der Waals surface area contributed by atoms with Gasteiger partial charge in [0, 0.05) is 17.3 Å². The van der Waals surface area contributed by atoms with Crippen LogP contribution < -0.4 is 5.32 Å². The van der Waals surface area contributed by atoms with Crippen molar-refractivity contribution in [2.45, 2.75) is 68.7 Å². The van der Waals surface area contributed by atoms with Crippen LogP contribution in [0.25, 0.3) is 0 Å². The number of nitrogens with one attached hydrogen (secondary N) is 1. The fourth-order valence-electron chi connectivity index (χ4n) is 5.79. The first-order valence-corrected chi connectivity index (χ1v) is 8.69. The number of nitrogens with zero attached hydrogens (tertiary/aromatic N) is 1. The number of carboxylic acid groups (broad SMARTS) is 1. The topological polar surface area (TPSA) is 62.2 Å². The minimum absolute atomic E-state index is 0.248. The van der Waals surface area contributed by atoms with Gasteiger partial charge in [0.2, 0.25) is 0 Å². The summed E-state index contributed by atoms with van der Waals surface area (Å²) in [5.41, 5.74) is 3.05. The molecule has 5 rings (SSSR count). The zero-order chi connectivity index (χ0) is 14.9. The second-order valence-electron chi connectivity index (χ2n) is 7.91. The van der Waals surface area contributed by atoms with E-state index >= 15 is 0 Å². The molecule has 2 unspecified atom stereocenters. The predicted octanol–water partition coefficient (Wildman–Crippen LogP) is 3.89. The Bertz CT molecular complexity index is 661. The third-order valence-electron chi connectivity index (χ3n) is 6.76. The van der Waals surface area contributed by atoms with Crippen LogP contribution in [0.5, 0.6) is 0 Å². The fraction of sp³-hybridized carbons (Fsp3) is 0.667. The maximum absolute atomic E-state index is 11.6. The Morgan fingerprint density at radius 3 is 2.55 bits per heavy atom. The van der Waals surface area contributed by atoms with Crippen LogP contribution in [0.1, 0.15) is 84.7 Å². The van der Waals surface area contributed by atoms with E-state index in [0.29, 0.717) is 17.4 Å². The van der Waals surface area contributed by atoms with Crippen LogP contribution in [-0.2, 0) is 0 Å². The molecule has 1 heterocycles.